The summed E-state index contributed by atoms with van der Waals surface area (Å²) in [4.78, 5) is 11.4. The van der Waals surface area contributed by atoms with E-state index in [1.807, 2.05) is 0 Å². The monoisotopic (exact) mass is 393 g/mol. The predicted molar refractivity (Wildman–Crippen MR) is 86.8 cm³/mol. The number of hydrogen-bond acceptors (Lipinski definition) is 6. The van der Waals surface area contributed by atoms with E-state index in [4.69, 9.17) is 26.8 Å². The number of anilines is 1. The molecule has 0 atom stereocenters. The Bertz CT molecular complexity index is 814. The van der Waals surface area contributed by atoms with Crippen molar-refractivity contribution in [3.05, 3.63) is 23.0 Å². The van der Waals surface area contributed by atoms with Crippen molar-refractivity contribution >= 4 is 23.3 Å². The number of rotatable bonds is 7. The van der Waals surface area contributed by atoms with Gasteiger partial charge in [-0.25, -0.2) is 13.9 Å². The first kappa shape index (κ1) is 19.7. The molecular formula is C15H15ClF3N3O4. The minimum atomic E-state index is -3.13. The number of ether oxygens (including phenoxy) is 3. The molecule has 0 aliphatic heterocycles. The SMILES string of the molecule is CCOC(=O)COc1cc(-c2nn(C)c(OC(F)F)c2N)c(F)cc1Cl. The van der Waals surface area contributed by atoms with Gasteiger partial charge in [0.25, 0.3) is 0 Å². The van der Waals surface area contributed by atoms with Gasteiger partial charge in [-0.2, -0.15) is 13.9 Å². The summed E-state index contributed by atoms with van der Waals surface area (Å²) in [5.74, 6) is -1.90. The van der Waals surface area contributed by atoms with Crippen LogP contribution in [0, 0.1) is 5.82 Å². The van der Waals surface area contributed by atoms with Crippen molar-refractivity contribution in [1.82, 2.24) is 9.78 Å². The van der Waals surface area contributed by atoms with Crippen molar-refractivity contribution < 1.29 is 32.2 Å². The Hall–Kier alpha value is -2.62. The molecule has 0 spiro atoms. The molecule has 0 bridgehead atoms. The Balaban J connectivity index is 2.38. The number of esters is 1. The largest absolute Gasteiger partial charge is 0.480 e. The van der Waals surface area contributed by atoms with E-state index in [-0.39, 0.29) is 34.3 Å². The second kappa shape index (κ2) is 8.17. The van der Waals surface area contributed by atoms with Crippen LogP contribution in [-0.2, 0) is 16.6 Å². The highest BCUT2D eigenvalue weighted by molar-refractivity contribution is 6.32. The number of aryl methyl sites for hydroxylation is 1. The third-order valence-electron chi connectivity index (χ3n) is 3.16. The van der Waals surface area contributed by atoms with Crippen LogP contribution in [0.15, 0.2) is 12.1 Å². The molecule has 1 aromatic carbocycles. The van der Waals surface area contributed by atoms with Crippen LogP contribution < -0.4 is 15.2 Å². The number of benzene rings is 1. The number of nitrogen functional groups attached to an aromatic ring is 1. The molecule has 0 aliphatic rings. The number of hydrogen-bond donors (Lipinski definition) is 1. The Kier molecular flexibility index (Phi) is 6.19. The Morgan fingerprint density at radius 1 is 1.42 bits per heavy atom. The minimum absolute atomic E-state index is 0.0301. The van der Waals surface area contributed by atoms with Crippen molar-refractivity contribution in [2.24, 2.45) is 7.05 Å². The van der Waals surface area contributed by atoms with E-state index in [0.717, 1.165) is 16.8 Å². The lowest BCUT2D eigenvalue weighted by atomic mass is 10.1. The fraction of sp³-hybridized carbons (Fsp3) is 0.333. The molecule has 0 saturated carbocycles. The molecule has 142 valence electrons. The van der Waals surface area contributed by atoms with Gasteiger partial charge in [0, 0.05) is 12.6 Å². The van der Waals surface area contributed by atoms with E-state index in [1.54, 1.807) is 6.92 Å². The standard InChI is InChI=1S/C15H15ClF3N3O4/c1-3-24-11(23)6-25-10-4-7(9(17)5-8(10)16)13-12(20)14(22(2)21-13)26-15(18)19/h4-5,15H,3,6,20H2,1-2H3. The number of carbonyl (C=O) groups excluding carboxylic acids is 1. The van der Waals surface area contributed by atoms with Crippen LogP contribution in [0.25, 0.3) is 11.3 Å². The van der Waals surface area contributed by atoms with Gasteiger partial charge >= 0.3 is 12.6 Å². The average molecular weight is 394 g/mol. The zero-order chi connectivity index (χ0) is 19.4. The molecule has 0 saturated heterocycles. The number of carbonyl (C=O) groups is 1. The molecule has 0 aliphatic carbocycles. The maximum atomic E-state index is 14.3. The number of halogens is 4. The van der Waals surface area contributed by atoms with E-state index < -0.39 is 30.9 Å². The average Bonchev–Trinajstić information content (AvgIpc) is 2.82. The van der Waals surface area contributed by atoms with E-state index in [9.17, 15) is 18.0 Å². The predicted octanol–water partition coefficient (Wildman–Crippen LogP) is 3.01. The summed E-state index contributed by atoms with van der Waals surface area (Å²) in [5, 5.41) is 3.79. The molecule has 0 fully saturated rings. The normalized spacial score (nSPS) is 10.9. The topological polar surface area (TPSA) is 88.6 Å². The maximum absolute atomic E-state index is 14.3. The van der Waals surface area contributed by atoms with Crippen LogP contribution in [0.1, 0.15) is 6.92 Å². The van der Waals surface area contributed by atoms with Crippen molar-refractivity contribution in [2.75, 3.05) is 18.9 Å². The Morgan fingerprint density at radius 3 is 2.73 bits per heavy atom. The first-order valence-electron chi connectivity index (χ1n) is 7.29. The summed E-state index contributed by atoms with van der Waals surface area (Å²) >= 11 is 5.90. The highest BCUT2D eigenvalue weighted by Gasteiger charge is 2.23. The minimum Gasteiger partial charge on any atom is -0.480 e. The van der Waals surface area contributed by atoms with E-state index in [0.29, 0.717) is 0 Å². The number of nitrogens with two attached hydrogens (primary N) is 1. The molecule has 0 unspecified atom stereocenters. The van der Waals surface area contributed by atoms with E-state index in [2.05, 4.69) is 9.84 Å². The molecular weight excluding hydrogens is 379 g/mol. The second-order valence-corrected chi connectivity index (χ2v) is 5.33. The van der Waals surface area contributed by atoms with Gasteiger partial charge in [-0.3, -0.25) is 0 Å². The molecule has 1 heterocycles. The fourth-order valence-electron chi connectivity index (χ4n) is 2.11. The highest BCUT2D eigenvalue weighted by Crippen LogP contribution is 2.38. The molecule has 2 N–H and O–H groups in total. The molecule has 0 amide bonds. The molecule has 26 heavy (non-hydrogen) atoms. The van der Waals surface area contributed by atoms with Crippen LogP contribution in [0.4, 0.5) is 18.9 Å². The third-order valence-corrected chi connectivity index (χ3v) is 3.45. The fourth-order valence-corrected chi connectivity index (χ4v) is 2.31. The van der Waals surface area contributed by atoms with Gasteiger partial charge in [0.15, 0.2) is 6.61 Å². The molecule has 11 heteroatoms. The lowest BCUT2D eigenvalue weighted by Gasteiger charge is -2.10. The Labute approximate surface area is 151 Å². The van der Waals surface area contributed by atoms with Gasteiger partial charge in [0.05, 0.1) is 11.6 Å². The van der Waals surface area contributed by atoms with Crippen LogP contribution >= 0.6 is 11.6 Å². The summed E-state index contributed by atoms with van der Waals surface area (Å²) in [6.45, 7) is -1.78. The van der Waals surface area contributed by atoms with Gasteiger partial charge in [-0.15, -0.1) is 0 Å². The molecule has 2 aromatic rings. The first-order valence-corrected chi connectivity index (χ1v) is 7.67. The van der Waals surface area contributed by atoms with Crippen molar-refractivity contribution in [3.63, 3.8) is 0 Å². The van der Waals surface area contributed by atoms with Gasteiger partial charge < -0.3 is 19.9 Å². The summed E-state index contributed by atoms with van der Waals surface area (Å²) in [6, 6.07) is 2.08. The summed E-state index contributed by atoms with van der Waals surface area (Å²) in [5.41, 5.74) is 5.16. The number of alkyl halides is 2. The Morgan fingerprint density at radius 2 is 2.12 bits per heavy atom. The maximum Gasteiger partial charge on any atom is 0.388 e. The van der Waals surface area contributed by atoms with Crippen molar-refractivity contribution in [1.29, 1.82) is 0 Å². The van der Waals surface area contributed by atoms with E-state index in [1.165, 1.54) is 7.05 Å². The summed E-state index contributed by atoms with van der Waals surface area (Å²) in [6.07, 6.45) is 0. The smallest absolute Gasteiger partial charge is 0.388 e. The van der Waals surface area contributed by atoms with Crippen molar-refractivity contribution in [2.45, 2.75) is 13.5 Å². The zero-order valence-electron chi connectivity index (χ0n) is 13.8. The first-order chi connectivity index (χ1) is 12.2. The van der Waals surface area contributed by atoms with E-state index >= 15 is 0 Å². The lowest BCUT2D eigenvalue weighted by Crippen LogP contribution is -2.14. The molecule has 1 aromatic heterocycles. The van der Waals surface area contributed by atoms with Gasteiger partial charge in [0.1, 0.15) is 22.9 Å². The highest BCUT2D eigenvalue weighted by atomic mass is 35.5. The van der Waals surface area contributed by atoms with Gasteiger partial charge in [-0.05, 0) is 19.1 Å². The second-order valence-electron chi connectivity index (χ2n) is 4.93. The van der Waals surface area contributed by atoms with Crippen LogP contribution in [0.2, 0.25) is 5.02 Å². The van der Waals surface area contributed by atoms with Crippen LogP contribution in [0.5, 0.6) is 11.6 Å². The molecule has 0 radical (unpaired) electrons. The lowest BCUT2D eigenvalue weighted by molar-refractivity contribution is -0.145. The summed E-state index contributed by atoms with van der Waals surface area (Å²) in [7, 11) is 1.31. The van der Waals surface area contributed by atoms with Crippen molar-refractivity contribution in [3.8, 4) is 22.9 Å². The van der Waals surface area contributed by atoms with Gasteiger partial charge in [0.2, 0.25) is 5.88 Å². The quantitative estimate of drug-likeness (QED) is 0.727. The number of aromatic nitrogens is 2. The van der Waals surface area contributed by atoms with Gasteiger partial charge in [-0.1, -0.05) is 11.6 Å². The van der Waals surface area contributed by atoms with Crippen LogP contribution in [0.3, 0.4) is 0 Å². The number of nitrogens with zero attached hydrogens (tertiary/aromatic N) is 2. The molecule has 7 nitrogen and oxygen atoms in total. The van der Waals surface area contributed by atoms with Crippen LogP contribution in [-0.4, -0.2) is 35.6 Å². The zero-order valence-corrected chi connectivity index (χ0v) is 14.5. The summed E-state index contributed by atoms with van der Waals surface area (Å²) < 4.78 is 54.4. The molecule has 2 rings (SSSR count). The third kappa shape index (κ3) is 4.31.